The second-order valence-electron chi connectivity index (χ2n) is 6.71. The van der Waals surface area contributed by atoms with E-state index < -0.39 is 0 Å². The summed E-state index contributed by atoms with van der Waals surface area (Å²) in [6, 6.07) is 9.06. The standard InChI is InChI=1S/C21H12FN7S/c22-17-4-3-16(30-17)14-9-24-10-15-18(14)27-21(26-15)19-13-6-12(8-25-20(13)29-28-19)11-2-1-5-23-7-11/h1-10H,(H,26,27)(H,25,28,29). The SMILES string of the molecule is Fc1ccc(-c2cncc3[nH]c(-c4[nH]nc5ncc(-c6cccnc6)cc45)nc23)s1. The van der Waals surface area contributed by atoms with Crippen molar-refractivity contribution in [3.05, 3.63) is 66.4 Å². The predicted octanol–water partition coefficient (Wildman–Crippen LogP) is 4.83. The quantitative estimate of drug-likeness (QED) is 0.433. The number of hydrogen-bond donors (Lipinski definition) is 2. The summed E-state index contributed by atoms with van der Waals surface area (Å²) < 4.78 is 13.5. The Morgan fingerprint density at radius 1 is 0.967 bits per heavy atom. The first-order chi connectivity index (χ1) is 14.8. The Balaban J connectivity index is 1.52. The molecule has 0 aliphatic rings. The Bertz CT molecular complexity index is 1520. The predicted molar refractivity (Wildman–Crippen MR) is 113 cm³/mol. The van der Waals surface area contributed by atoms with Crippen LogP contribution in [-0.2, 0) is 0 Å². The fraction of sp³-hybridized carbons (Fsp3) is 0. The van der Waals surface area contributed by atoms with Gasteiger partial charge in [-0.1, -0.05) is 6.07 Å². The molecule has 6 aromatic heterocycles. The molecule has 7 nitrogen and oxygen atoms in total. The summed E-state index contributed by atoms with van der Waals surface area (Å²) in [6.45, 7) is 0. The van der Waals surface area contributed by atoms with Crippen molar-refractivity contribution >= 4 is 33.4 Å². The van der Waals surface area contributed by atoms with E-state index >= 15 is 0 Å². The summed E-state index contributed by atoms with van der Waals surface area (Å²) in [4.78, 5) is 21.8. The van der Waals surface area contributed by atoms with Crippen LogP contribution in [0.5, 0.6) is 0 Å². The summed E-state index contributed by atoms with van der Waals surface area (Å²) in [5.41, 5.74) is 5.48. The van der Waals surface area contributed by atoms with Gasteiger partial charge in [0.2, 0.25) is 0 Å². The number of pyridine rings is 3. The molecule has 0 saturated carbocycles. The number of nitrogens with one attached hydrogen (secondary N) is 2. The summed E-state index contributed by atoms with van der Waals surface area (Å²) in [7, 11) is 0. The van der Waals surface area contributed by atoms with E-state index in [-0.39, 0.29) is 5.13 Å². The van der Waals surface area contributed by atoms with Crippen LogP contribution in [0.2, 0.25) is 0 Å². The number of rotatable bonds is 3. The zero-order valence-corrected chi connectivity index (χ0v) is 16.1. The smallest absolute Gasteiger partial charge is 0.181 e. The molecule has 6 heterocycles. The maximum Gasteiger partial charge on any atom is 0.181 e. The Hall–Kier alpha value is -3.98. The second-order valence-corrected chi connectivity index (χ2v) is 7.74. The van der Waals surface area contributed by atoms with Crippen molar-refractivity contribution in [3.8, 4) is 33.1 Å². The number of H-pyrrole nitrogens is 2. The first kappa shape index (κ1) is 16.9. The molecule has 30 heavy (non-hydrogen) atoms. The zero-order chi connectivity index (χ0) is 20.1. The maximum atomic E-state index is 13.5. The van der Waals surface area contributed by atoms with Crippen molar-refractivity contribution in [2.24, 2.45) is 0 Å². The van der Waals surface area contributed by atoms with E-state index in [1.807, 2.05) is 18.2 Å². The summed E-state index contributed by atoms with van der Waals surface area (Å²) in [6.07, 6.45) is 8.71. The van der Waals surface area contributed by atoms with E-state index in [2.05, 4.69) is 30.1 Å². The highest BCUT2D eigenvalue weighted by Gasteiger charge is 2.17. The third kappa shape index (κ3) is 2.67. The van der Waals surface area contributed by atoms with E-state index in [0.717, 1.165) is 55.0 Å². The number of fused-ring (bicyclic) bond motifs is 2. The van der Waals surface area contributed by atoms with Crippen LogP contribution in [0.3, 0.4) is 0 Å². The van der Waals surface area contributed by atoms with E-state index in [0.29, 0.717) is 11.5 Å². The number of nitrogens with zero attached hydrogens (tertiary/aromatic N) is 5. The van der Waals surface area contributed by atoms with Crippen LogP contribution in [0.4, 0.5) is 4.39 Å². The molecule has 6 aromatic rings. The van der Waals surface area contributed by atoms with Gasteiger partial charge in [0.1, 0.15) is 11.2 Å². The lowest BCUT2D eigenvalue weighted by molar-refractivity contribution is 0.657. The topological polar surface area (TPSA) is 96.0 Å². The van der Waals surface area contributed by atoms with Crippen LogP contribution < -0.4 is 0 Å². The zero-order valence-electron chi connectivity index (χ0n) is 15.3. The first-order valence-corrected chi connectivity index (χ1v) is 9.92. The average Bonchev–Trinajstić information content (AvgIpc) is 3.51. The third-order valence-corrected chi connectivity index (χ3v) is 5.78. The highest BCUT2D eigenvalue weighted by atomic mass is 32.1. The molecule has 0 bridgehead atoms. The van der Waals surface area contributed by atoms with Crippen LogP contribution in [0.1, 0.15) is 0 Å². The van der Waals surface area contributed by atoms with Crippen molar-refractivity contribution in [3.63, 3.8) is 0 Å². The third-order valence-electron chi connectivity index (χ3n) is 4.87. The largest absolute Gasteiger partial charge is 0.335 e. The molecule has 6 rings (SSSR count). The maximum absolute atomic E-state index is 13.5. The van der Waals surface area contributed by atoms with Crippen molar-refractivity contribution in [1.29, 1.82) is 0 Å². The number of halogens is 1. The summed E-state index contributed by atoms with van der Waals surface area (Å²) >= 11 is 1.07. The van der Waals surface area contributed by atoms with Crippen LogP contribution in [0.25, 0.3) is 55.2 Å². The molecule has 0 unspecified atom stereocenters. The van der Waals surface area contributed by atoms with Gasteiger partial charge in [0.15, 0.2) is 16.6 Å². The van der Waals surface area contributed by atoms with Gasteiger partial charge >= 0.3 is 0 Å². The number of aromatic nitrogens is 7. The van der Waals surface area contributed by atoms with Crippen LogP contribution in [0.15, 0.2) is 61.3 Å². The minimum atomic E-state index is -0.244. The summed E-state index contributed by atoms with van der Waals surface area (Å²) in [5, 5.41) is 7.94. The molecule has 0 amide bonds. The molecule has 2 N–H and O–H groups in total. The molecule has 144 valence electrons. The molecular weight excluding hydrogens is 401 g/mol. The van der Waals surface area contributed by atoms with Crippen LogP contribution in [0, 0.1) is 5.13 Å². The van der Waals surface area contributed by atoms with E-state index in [1.54, 1.807) is 37.1 Å². The Morgan fingerprint density at radius 3 is 2.77 bits per heavy atom. The molecule has 0 saturated heterocycles. The Labute approximate surface area is 172 Å². The molecule has 0 fully saturated rings. The lowest BCUT2D eigenvalue weighted by Gasteiger charge is -2.00. The highest BCUT2D eigenvalue weighted by Crippen LogP contribution is 2.34. The van der Waals surface area contributed by atoms with Gasteiger partial charge in [0.05, 0.1) is 17.1 Å². The van der Waals surface area contributed by atoms with Gasteiger partial charge < -0.3 is 4.98 Å². The highest BCUT2D eigenvalue weighted by molar-refractivity contribution is 7.14. The Kier molecular flexibility index (Phi) is 3.68. The van der Waals surface area contributed by atoms with Gasteiger partial charge in [-0.25, -0.2) is 9.97 Å². The van der Waals surface area contributed by atoms with Gasteiger partial charge in [-0.15, -0.1) is 11.3 Å². The van der Waals surface area contributed by atoms with Crippen molar-refractivity contribution in [1.82, 2.24) is 35.1 Å². The van der Waals surface area contributed by atoms with Crippen LogP contribution >= 0.6 is 11.3 Å². The summed E-state index contributed by atoms with van der Waals surface area (Å²) in [5.74, 6) is 0.615. The van der Waals surface area contributed by atoms with Gasteiger partial charge in [0, 0.05) is 46.4 Å². The van der Waals surface area contributed by atoms with Crippen molar-refractivity contribution in [2.75, 3.05) is 0 Å². The van der Waals surface area contributed by atoms with Crippen molar-refractivity contribution < 1.29 is 4.39 Å². The van der Waals surface area contributed by atoms with Gasteiger partial charge in [-0.2, -0.15) is 9.49 Å². The number of hydrogen-bond acceptors (Lipinski definition) is 6. The first-order valence-electron chi connectivity index (χ1n) is 9.10. The van der Waals surface area contributed by atoms with Gasteiger partial charge in [-0.3, -0.25) is 15.1 Å². The Morgan fingerprint density at radius 2 is 1.93 bits per heavy atom. The lowest BCUT2D eigenvalue weighted by atomic mass is 10.1. The molecule has 9 heteroatoms. The molecule has 0 atom stereocenters. The molecule has 0 aliphatic heterocycles. The van der Waals surface area contributed by atoms with E-state index in [9.17, 15) is 4.39 Å². The van der Waals surface area contributed by atoms with Crippen LogP contribution in [-0.4, -0.2) is 35.1 Å². The van der Waals surface area contributed by atoms with E-state index in [4.69, 9.17) is 4.98 Å². The molecule has 0 aliphatic carbocycles. The molecule has 0 aromatic carbocycles. The lowest BCUT2D eigenvalue weighted by Crippen LogP contribution is -1.84. The normalized spacial score (nSPS) is 11.5. The number of thiophene rings is 1. The minimum Gasteiger partial charge on any atom is -0.335 e. The minimum absolute atomic E-state index is 0.244. The fourth-order valence-corrected chi connectivity index (χ4v) is 4.20. The number of aromatic amines is 2. The van der Waals surface area contributed by atoms with E-state index in [1.165, 1.54) is 6.07 Å². The second kappa shape index (κ2) is 6.53. The fourth-order valence-electron chi connectivity index (χ4n) is 3.46. The number of imidazole rings is 1. The monoisotopic (exact) mass is 413 g/mol. The molecular formula is C21H12FN7S. The molecule has 0 spiro atoms. The van der Waals surface area contributed by atoms with Gasteiger partial charge in [-0.05, 0) is 24.3 Å². The molecule has 0 radical (unpaired) electrons. The van der Waals surface area contributed by atoms with Gasteiger partial charge in [0.25, 0.3) is 0 Å². The average molecular weight is 413 g/mol. The van der Waals surface area contributed by atoms with Crippen molar-refractivity contribution in [2.45, 2.75) is 0 Å².